The van der Waals surface area contributed by atoms with Gasteiger partial charge in [-0.15, -0.1) is 10.2 Å². The minimum Gasteiger partial charge on any atom is -0.421 e. The van der Waals surface area contributed by atoms with Gasteiger partial charge in [-0.2, -0.15) is 12.7 Å². The van der Waals surface area contributed by atoms with E-state index in [2.05, 4.69) is 20.1 Å². The molecule has 2 aromatic heterocycles. The Morgan fingerprint density at radius 1 is 1.03 bits per heavy atom. The molecule has 0 saturated carbocycles. The third-order valence-electron chi connectivity index (χ3n) is 5.01. The Hall–Kier alpha value is -2.82. The zero-order chi connectivity index (χ0) is 21.1. The van der Waals surface area contributed by atoms with Crippen molar-refractivity contribution in [3.63, 3.8) is 0 Å². The van der Waals surface area contributed by atoms with Crippen molar-refractivity contribution in [2.75, 3.05) is 37.5 Å². The van der Waals surface area contributed by atoms with Crippen molar-refractivity contribution in [2.24, 2.45) is 0 Å². The Kier molecular flexibility index (Phi) is 5.80. The number of rotatable bonds is 6. The predicted octanol–water partition coefficient (Wildman–Crippen LogP) is 1.94. The Labute approximate surface area is 176 Å². The molecule has 10 heteroatoms. The van der Waals surface area contributed by atoms with Crippen molar-refractivity contribution in [1.82, 2.24) is 24.4 Å². The number of anilines is 1. The maximum atomic E-state index is 13.5. The summed E-state index contributed by atoms with van der Waals surface area (Å²) in [5.41, 5.74) is 1.92. The first-order chi connectivity index (χ1) is 14.4. The molecule has 3 heterocycles. The van der Waals surface area contributed by atoms with Crippen LogP contribution in [0.25, 0.3) is 11.5 Å². The molecule has 0 aliphatic carbocycles. The molecule has 0 N–H and O–H groups in total. The van der Waals surface area contributed by atoms with E-state index in [1.165, 1.54) is 8.61 Å². The fourth-order valence-corrected chi connectivity index (χ4v) is 4.85. The minimum atomic E-state index is -3.70. The number of piperazine rings is 1. The zero-order valence-electron chi connectivity index (χ0n) is 17.0. The smallest absolute Gasteiger partial charge is 0.304 e. The summed E-state index contributed by atoms with van der Waals surface area (Å²) < 4.78 is 35.3. The highest BCUT2D eigenvalue weighted by atomic mass is 32.2. The molecule has 0 spiro atoms. The highest BCUT2D eigenvalue weighted by molar-refractivity contribution is 7.90. The number of likely N-dealkylation sites (N-methyl/N-ethyl adjacent to an activating group) is 1. The molecule has 1 saturated heterocycles. The highest BCUT2D eigenvalue weighted by Crippen LogP contribution is 2.24. The standard InChI is InChI=1S/C20H24N6O3S/c1-16-22-23-20(29-16)17-8-9-18(21-14-17)15-26(19-6-4-3-5-7-19)30(27,28)25-12-10-24(2)11-13-25/h3-9,14H,10-13,15H2,1-2H3. The van der Waals surface area contributed by atoms with Crippen LogP contribution < -0.4 is 4.31 Å². The monoisotopic (exact) mass is 428 g/mol. The van der Waals surface area contributed by atoms with E-state index < -0.39 is 10.2 Å². The first-order valence-electron chi connectivity index (χ1n) is 9.70. The zero-order valence-corrected chi connectivity index (χ0v) is 17.8. The van der Waals surface area contributed by atoms with E-state index in [1.807, 2.05) is 25.2 Å². The van der Waals surface area contributed by atoms with Crippen molar-refractivity contribution in [1.29, 1.82) is 0 Å². The van der Waals surface area contributed by atoms with Gasteiger partial charge in [0.05, 0.1) is 23.5 Å². The van der Waals surface area contributed by atoms with Crippen LogP contribution in [-0.4, -0.2) is 66.0 Å². The average molecular weight is 429 g/mol. The Morgan fingerprint density at radius 3 is 2.37 bits per heavy atom. The van der Waals surface area contributed by atoms with Crippen molar-refractivity contribution in [2.45, 2.75) is 13.5 Å². The van der Waals surface area contributed by atoms with Crippen LogP contribution in [0.3, 0.4) is 0 Å². The van der Waals surface area contributed by atoms with Gasteiger partial charge in [-0.1, -0.05) is 18.2 Å². The first-order valence-corrected chi connectivity index (χ1v) is 11.1. The molecule has 1 aliphatic rings. The van der Waals surface area contributed by atoms with Crippen LogP contribution in [0.4, 0.5) is 5.69 Å². The predicted molar refractivity (Wildman–Crippen MR) is 113 cm³/mol. The van der Waals surface area contributed by atoms with Crippen LogP contribution in [0.15, 0.2) is 53.1 Å². The van der Waals surface area contributed by atoms with E-state index in [0.717, 1.165) is 0 Å². The van der Waals surface area contributed by atoms with Crippen LogP contribution in [0.5, 0.6) is 0 Å². The lowest BCUT2D eigenvalue weighted by molar-refractivity contribution is 0.222. The number of para-hydroxylation sites is 1. The molecule has 1 aromatic carbocycles. The molecule has 4 rings (SSSR count). The molecule has 0 atom stereocenters. The third kappa shape index (κ3) is 4.35. The maximum Gasteiger partial charge on any atom is 0.304 e. The lowest BCUT2D eigenvalue weighted by atomic mass is 10.2. The van der Waals surface area contributed by atoms with E-state index >= 15 is 0 Å². The molecular weight excluding hydrogens is 404 g/mol. The molecule has 3 aromatic rings. The average Bonchev–Trinajstić information content (AvgIpc) is 3.19. The molecule has 30 heavy (non-hydrogen) atoms. The summed E-state index contributed by atoms with van der Waals surface area (Å²) in [4.78, 5) is 6.56. The van der Waals surface area contributed by atoms with E-state index in [-0.39, 0.29) is 6.54 Å². The molecule has 0 amide bonds. The van der Waals surface area contributed by atoms with Gasteiger partial charge in [0, 0.05) is 39.3 Å². The van der Waals surface area contributed by atoms with Gasteiger partial charge in [-0.25, -0.2) is 0 Å². The Bertz CT molecular complexity index is 1080. The van der Waals surface area contributed by atoms with Gasteiger partial charge in [-0.05, 0) is 31.3 Å². The second kappa shape index (κ2) is 8.50. The fraction of sp³-hybridized carbons (Fsp3) is 0.350. The van der Waals surface area contributed by atoms with Crippen LogP contribution in [0.2, 0.25) is 0 Å². The maximum absolute atomic E-state index is 13.5. The topological polar surface area (TPSA) is 95.7 Å². The van der Waals surface area contributed by atoms with E-state index in [0.29, 0.717) is 54.9 Å². The number of pyridine rings is 1. The normalized spacial score (nSPS) is 15.9. The quantitative estimate of drug-likeness (QED) is 0.592. The van der Waals surface area contributed by atoms with Gasteiger partial charge in [0.25, 0.3) is 0 Å². The van der Waals surface area contributed by atoms with E-state index in [4.69, 9.17) is 4.42 Å². The molecule has 0 unspecified atom stereocenters. The summed E-state index contributed by atoms with van der Waals surface area (Å²) in [6, 6.07) is 12.7. The molecule has 9 nitrogen and oxygen atoms in total. The van der Waals surface area contributed by atoms with E-state index in [9.17, 15) is 8.42 Å². The molecular formula is C20H24N6O3S. The number of nitrogens with zero attached hydrogens (tertiary/aromatic N) is 6. The van der Waals surface area contributed by atoms with Crippen molar-refractivity contribution in [3.05, 3.63) is 60.2 Å². The summed E-state index contributed by atoms with van der Waals surface area (Å²) >= 11 is 0. The van der Waals surface area contributed by atoms with Crippen molar-refractivity contribution < 1.29 is 12.8 Å². The summed E-state index contributed by atoms with van der Waals surface area (Å²) in [6.45, 7) is 4.19. The Balaban J connectivity index is 1.61. The molecule has 158 valence electrons. The number of aryl methyl sites for hydroxylation is 1. The number of benzene rings is 1. The minimum absolute atomic E-state index is 0.127. The lowest BCUT2D eigenvalue weighted by Crippen LogP contribution is -2.52. The summed E-state index contributed by atoms with van der Waals surface area (Å²) in [6.07, 6.45) is 1.62. The van der Waals surface area contributed by atoms with Gasteiger partial charge in [0.15, 0.2) is 0 Å². The number of hydrogen-bond donors (Lipinski definition) is 0. The Morgan fingerprint density at radius 2 is 1.77 bits per heavy atom. The van der Waals surface area contributed by atoms with Crippen LogP contribution in [0, 0.1) is 6.92 Å². The first kappa shape index (κ1) is 20.5. The van der Waals surface area contributed by atoms with E-state index in [1.54, 1.807) is 37.4 Å². The molecule has 1 aliphatic heterocycles. The van der Waals surface area contributed by atoms with Crippen LogP contribution >= 0.6 is 0 Å². The summed E-state index contributed by atoms with van der Waals surface area (Å²) in [5.74, 6) is 0.860. The van der Waals surface area contributed by atoms with Gasteiger partial charge in [-0.3, -0.25) is 9.29 Å². The van der Waals surface area contributed by atoms with Gasteiger partial charge in [0.2, 0.25) is 11.8 Å². The third-order valence-corrected chi connectivity index (χ3v) is 6.93. The number of aromatic nitrogens is 3. The summed E-state index contributed by atoms with van der Waals surface area (Å²) in [5, 5.41) is 7.81. The van der Waals surface area contributed by atoms with Crippen LogP contribution in [0.1, 0.15) is 11.6 Å². The van der Waals surface area contributed by atoms with Crippen molar-refractivity contribution in [3.8, 4) is 11.5 Å². The van der Waals surface area contributed by atoms with Gasteiger partial charge < -0.3 is 9.32 Å². The largest absolute Gasteiger partial charge is 0.421 e. The highest BCUT2D eigenvalue weighted by Gasteiger charge is 2.32. The summed E-state index contributed by atoms with van der Waals surface area (Å²) in [7, 11) is -1.70. The number of hydrogen-bond acceptors (Lipinski definition) is 7. The SMILES string of the molecule is Cc1nnc(-c2ccc(CN(c3ccccc3)S(=O)(=O)N3CCN(C)CC3)nc2)o1. The molecule has 0 bridgehead atoms. The fourth-order valence-electron chi connectivity index (χ4n) is 3.26. The van der Waals surface area contributed by atoms with Crippen LogP contribution in [-0.2, 0) is 16.8 Å². The second-order valence-corrected chi connectivity index (χ2v) is 9.07. The second-order valence-electron chi connectivity index (χ2n) is 7.22. The lowest BCUT2D eigenvalue weighted by Gasteiger charge is -2.36. The van der Waals surface area contributed by atoms with Crippen molar-refractivity contribution >= 4 is 15.9 Å². The molecule has 1 fully saturated rings. The van der Waals surface area contributed by atoms with Gasteiger partial charge >= 0.3 is 10.2 Å². The molecule has 0 radical (unpaired) electrons. The van der Waals surface area contributed by atoms with Gasteiger partial charge in [0.1, 0.15) is 0 Å².